The van der Waals surface area contributed by atoms with E-state index in [1.165, 1.54) is 0 Å². The van der Waals surface area contributed by atoms with Gasteiger partial charge in [0.2, 0.25) is 0 Å². The second kappa shape index (κ2) is 4.60. The predicted molar refractivity (Wildman–Crippen MR) is 34.9 cm³/mol. The van der Waals surface area contributed by atoms with Crippen molar-refractivity contribution in [3.8, 4) is 0 Å². The van der Waals surface area contributed by atoms with Gasteiger partial charge < -0.3 is 4.74 Å². The Balaban J connectivity index is 2.83. The first-order valence-electron chi connectivity index (χ1n) is 2.48. The summed E-state index contributed by atoms with van der Waals surface area (Å²) in [5, 5.41) is 0.931. The first-order valence-corrected chi connectivity index (χ1v) is 3.61. The second-order valence-electron chi connectivity index (χ2n) is 1.42. The summed E-state index contributed by atoms with van der Waals surface area (Å²) in [7, 11) is 0. The van der Waals surface area contributed by atoms with E-state index in [0.29, 0.717) is 6.10 Å². The van der Waals surface area contributed by atoms with E-state index < -0.39 is 0 Å². The van der Waals surface area contributed by atoms with E-state index in [2.05, 4.69) is 15.9 Å². The van der Waals surface area contributed by atoms with E-state index in [1.54, 1.807) is 0 Å². The van der Waals surface area contributed by atoms with E-state index in [0.717, 1.165) is 11.9 Å². The maximum Gasteiger partial charge on any atom is 0.0643 e. The van der Waals surface area contributed by atoms with Crippen LogP contribution in [0.1, 0.15) is 13.8 Å². The third-order valence-electron chi connectivity index (χ3n) is 0.668. The van der Waals surface area contributed by atoms with Crippen LogP contribution in [-0.4, -0.2) is 18.0 Å². The molecule has 0 saturated carbocycles. The first kappa shape index (κ1) is 7.44. The Bertz CT molecular complexity index is 39.1. The van der Waals surface area contributed by atoms with Gasteiger partial charge >= 0.3 is 0 Å². The number of hydrogen-bond acceptors (Lipinski definition) is 1. The molecule has 0 radical (unpaired) electrons. The van der Waals surface area contributed by atoms with Crippen molar-refractivity contribution in [1.29, 1.82) is 0 Å². The molecule has 0 spiro atoms. The van der Waals surface area contributed by atoms with Gasteiger partial charge in [-0.15, -0.1) is 0 Å². The molecule has 0 fully saturated rings. The summed E-state index contributed by atoms with van der Waals surface area (Å²) < 4.78 is 5.14. The fourth-order valence-corrected chi connectivity index (χ4v) is 0.516. The van der Waals surface area contributed by atoms with Crippen LogP contribution in [0.25, 0.3) is 0 Å². The molecule has 0 aromatic carbocycles. The highest BCUT2D eigenvalue weighted by molar-refractivity contribution is 9.09. The molecule has 1 nitrogen and oxygen atoms in total. The Hall–Kier alpha value is 0.440. The minimum absolute atomic E-state index is 0.366. The fraction of sp³-hybridized carbons (Fsp3) is 1.00. The second-order valence-corrected chi connectivity index (χ2v) is 2.07. The highest BCUT2D eigenvalue weighted by Crippen LogP contribution is 1.93. The van der Waals surface area contributed by atoms with E-state index in [4.69, 9.17) is 4.74 Å². The fourth-order valence-electron chi connectivity index (χ4n) is 0.329. The van der Waals surface area contributed by atoms with Crippen molar-refractivity contribution in [3.63, 3.8) is 0 Å². The van der Waals surface area contributed by atoms with E-state index in [9.17, 15) is 0 Å². The van der Waals surface area contributed by atoms with Gasteiger partial charge in [-0.2, -0.15) is 0 Å². The number of alkyl halides is 1. The molecule has 0 aliphatic carbocycles. The van der Waals surface area contributed by atoms with Gasteiger partial charge in [-0.3, -0.25) is 0 Å². The Kier molecular flexibility index (Phi) is 4.88. The Morgan fingerprint density at radius 2 is 2.29 bits per heavy atom. The van der Waals surface area contributed by atoms with Gasteiger partial charge in [0.05, 0.1) is 6.10 Å². The molecule has 7 heavy (non-hydrogen) atoms. The lowest BCUT2D eigenvalue weighted by atomic mass is 10.5. The topological polar surface area (TPSA) is 9.23 Å². The summed E-state index contributed by atoms with van der Waals surface area (Å²) in [5.41, 5.74) is 0. The van der Waals surface area contributed by atoms with Crippen molar-refractivity contribution < 1.29 is 4.74 Å². The molecule has 0 unspecified atom stereocenters. The number of rotatable bonds is 3. The first-order chi connectivity index (χ1) is 3.31. The van der Waals surface area contributed by atoms with Gasteiger partial charge in [0.25, 0.3) is 0 Å². The lowest BCUT2D eigenvalue weighted by Gasteiger charge is -2.04. The van der Waals surface area contributed by atoms with Gasteiger partial charge in [-0.05, 0) is 13.8 Å². The normalized spacial score (nSPS) is 14.1. The van der Waals surface area contributed by atoms with Gasteiger partial charge in [-0.1, -0.05) is 15.9 Å². The van der Waals surface area contributed by atoms with Crippen LogP contribution in [0.3, 0.4) is 0 Å². The van der Waals surface area contributed by atoms with Crippen molar-refractivity contribution >= 4 is 15.9 Å². The molecule has 0 rings (SSSR count). The average molecular weight is 167 g/mol. The molecule has 44 valence electrons. The molecular formula is C5H11BrO. The van der Waals surface area contributed by atoms with Crippen LogP contribution in [-0.2, 0) is 4.74 Å². The third kappa shape index (κ3) is 4.29. The predicted octanol–water partition coefficient (Wildman–Crippen LogP) is 1.81. The molecule has 0 bridgehead atoms. The van der Waals surface area contributed by atoms with E-state index in [-0.39, 0.29) is 0 Å². The standard InChI is InChI=1S/C5H11BrO/c1-3-7-5(2)4-6/h5H,3-4H2,1-2H3/t5-/m1/s1. The van der Waals surface area contributed by atoms with Crippen molar-refractivity contribution in [1.82, 2.24) is 0 Å². The molecule has 0 aromatic heterocycles. The largest absolute Gasteiger partial charge is 0.378 e. The van der Waals surface area contributed by atoms with Crippen LogP contribution in [0.5, 0.6) is 0 Å². The smallest absolute Gasteiger partial charge is 0.0643 e. The molecule has 0 amide bonds. The van der Waals surface area contributed by atoms with Crippen molar-refractivity contribution in [2.75, 3.05) is 11.9 Å². The molecule has 1 atom stereocenters. The molecule has 0 saturated heterocycles. The van der Waals surface area contributed by atoms with Crippen LogP contribution in [0.4, 0.5) is 0 Å². The molecule has 0 aromatic rings. The van der Waals surface area contributed by atoms with Crippen LogP contribution < -0.4 is 0 Å². The van der Waals surface area contributed by atoms with Gasteiger partial charge in [0, 0.05) is 11.9 Å². The minimum atomic E-state index is 0.366. The number of hydrogen-bond donors (Lipinski definition) is 0. The van der Waals surface area contributed by atoms with Crippen molar-refractivity contribution in [2.24, 2.45) is 0 Å². The van der Waals surface area contributed by atoms with Gasteiger partial charge in [0.1, 0.15) is 0 Å². The van der Waals surface area contributed by atoms with Crippen molar-refractivity contribution in [3.05, 3.63) is 0 Å². The lowest BCUT2D eigenvalue weighted by molar-refractivity contribution is 0.0940. The zero-order chi connectivity index (χ0) is 5.70. The SMILES string of the molecule is CCO[C@H](C)CBr. The molecular weight excluding hydrogens is 156 g/mol. The van der Waals surface area contributed by atoms with Gasteiger partial charge in [0.15, 0.2) is 0 Å². The molecule has 0 aliphatic heterocycles. The van der Waals surface area contributed by atoms with Crippen LogP contribution in [0, 0.1) is 0 Å². The highest BCUT2D eigenvalue weighted by Gasteiger charge is 1.93. The zero-order valence-corrected chi connectivity index (χ0v) is 6.36. The molecule has 0 aliphatic rings. The number of ether oxygens (including phenoxy) is 1. The van der Waals surface area contributed by atoms with Crippen LogP contribution in [0.15, 0.2) is 0 Å². The summed E-state index contributed by atoms with van der Waals surface area (Å²) in [6, 6.07) is 0. The maximum atomic E-state index is 5.14. The molecule has 0 N–H and O–H groups in total. The van der Waals surface area contributed by atoms with Crippen LogP contribution in [0.2, 0.25) is 0 Å². The average Bonchev–Trinajstić information content (AvgIpc) is 1.68. The van der Waals surface area contributed by atoms with E-state index >= 15 is 0 Å². The quantitative estimate of drug-likeness (QED) is 0.582. The Morgan fingerprint density at radius 1 is 1.71 bits per heavy atom. The summed E-state index contributed by atoms with van der Waals surface area (Å²) in [6.45, 7) is 4.85. The summed E-state index contributed by atoms with van der Waals surface area (Å²) in [6.07, 6.45) is 0.366. The summed E-state index contributed by atoms with van der Waals surface area (Å²) in [5.74, 6) is 0. The zero-order valence-electron chi connectivity index (χ0n) is 4.78. The van der Waals surface area contributed by atoms with Crippen molar-refractivity contribution in [2.45, 2.75) is 20.0 Å². The maximum absolute atomic E-state index is 5.14. The summed E-state index contributed by atoms with van der Waals surface area (Å²) >= 11 is 3.29. The lowest BCUT2D eigenvalue weighted by Crippen LogP contribution is -2.07. The highest BCUT2D eigenvalue weighted by atomic mass is 79.9. The summed E-state index contributed by atoms with van der Waals surface area (Å²) in [4.78, 5) is 0. The Morgan fingerprint density at radius 3 is 2.43 bits per heavy atom. The third-order valence-corrected chi connectivity index (χ3v) is 1.58. The molecule has 2 heteroatoms. The van der Waals surface area contributed by atoms with Crippen LogP contribution >= 0.6 is 15.9 Å². The van der Waals surface area contributed by atoms with Gasteiger partial charge in [-0.25, -0.2) is 0 Å². The monoisotopic (exact) mass is 166 g/mol. The minimum Gasteiger partial charge on any atom is -0.378 e. The molecule has 0 heterocycles. The number of halogens is 1. The Labute approximate surface area is 53.2 Å². The van der Waals surface area contributed by atoms with E-state index in [1.807, 2.05) is 13.8 Å².